The molecule has 6 rings (SSSR count). The maximum atomic E-state index is 12.5. The molecule has 3 aromatic heterocycles. The van der Waals surface area contributed by atoms with E-state index in [1.165, 1.54) is 18.4 Å². The number of amides is 1. The Kier molecular flexibility index (Phi) is 11.2. The van der Waals surface area contributed by atoms with Crippen LogP contribution >= 0.6 is 22.9 Å². The average molecular weight is 758 g/mol. The van der Waals surface area contributed by atoms with E-state index in [9.17, 15) is 14.4 Å². The number of hydrogen-bond donors (Lipinski definition) is 2. The number of thiophene rings is 1. The first-order chi connectivity index (χ1) is 25.3. The molecule has 0 fully saturated rings. The average Bonchev–Trinajstić information content (AvgIpc) is 3.54. The molecular formula is C38H40ClN7O6S. The predicted octanol–water partition coefficient (Wildman–Crippen LogP) is 7.27. The quantitative estimate of drug-likeness (QED) is 0.124. The highest BCUT2D eigenvalue weighted by Crippen LogP contribution is 2.41. The number of rotatable bonds is 10. The first kappa shape index (κ1) is 37.6. The summed E-state index contributed by atoms with van der Waals surface area (Å²) in [5.41, 5.74) is 5.52. The molecule has 4 heterocycles. The van der Waals surface area contributed by atoms with Crippen molar-refractivity contribution in [3.05, 3.63) is 80.8 Å². The molecule has 1 amide bonds. The highest BCUT2D eigenvalue weighted by atomic mass is 35.5. The minimum Gasteiger partial charge on any atom is -0.491 e. The maximum Gasteiger partial charge on any atom is 0.414 e. The number of hydrogen-bond acceptors (Lipinski definition) is 13. The molecule has 0 spiro atoms. The van der Waals surface area contributed by atoms with Gasteiger partial charge in [0.15, 0.2) is 5.94 Å². The maximum absolute atomic E-state index is 12.5. The van der Waals surface area contributed by atoms with Crippen LogP contribution in [-0.2, 0) is 20.8 Å². The molecule has 2 N–H and O–H groups in total. The first-order valence-corrected chi connectivity index (χ1v) is 18.3. The standard InChI is InChI=1S/C38H40ClN7O6S/c1-21-15-27(34-33(42-21)29(20-53-34)35(48)50-6)26-16-23(39)7-10-32(26)51-14-13-46-22(2)43-30-9-8-24(17-28(30)31(46)19-47)41-18-25-11-12-40-36(44-25)45-37(49)52-38(3,4)5/h7,10-12,15-16,20,24,41H,8-9,13-14,17-18H2,1-6H3,(H,40,44,45,49). The zero-order valence-corrected chi connectivity index (χ0v) is 31.9. The molecule has 13 nitrogen and oxygen atoms in total. The van der Waals surface area contributed by atoms with Crippen molar-refractivity contribution in [1.29, 1.82) is 0 Å². The molecule has 2 aliphatic rings. The second-order valence-corrected chi connectivity index (χ2v) is 14.9. The number of aromatic nitrogens is 3. The van der Waals surface area contributed by atoms with E-state index in [1.807, 2.05) is 36.9 Å². The molecule has 1 aromatic carbocycles. The van der Waals surface area contributed by atoms with Gasteiger partial charge >= 0.3 is 12.1 Å². The van der Waals surface area contributed by atoms with Gasteiger partial charge in [0, 0.05) is 57.3 Å². The van der Waals surface area contributed by atoms with Gasteiger partial charge < -0.3 is 24.4 Å². The van der Waals surface area contributed by atoms with E-state index in [2.05, 4.69) is 31.5 Å². The van der Waals surface area contributed by atoms with Gasteiger partial charge in [-0.3, -0.25) is 10.3 Å². The van der Waals surface area contributed by atoms with E-state index in [-0.39, 0.29) is 18.6 Å². The molecule has 1 atom stereocenters. The Morgan fingerprint density at radius 3 is 2.70 bits per heavy atom. The Balaban J connectivity index is 1.12. The lowest BCUT2D eigenvalue weighted by atomic mass is 9.89. The summed E-state index contributed by atoms with van der Waals surface area (Å²) in [4.78, 5) is 57.1. The van der Waals surface area contributed by atoms with Gasteiger partial charge in [0.05, 0.1) is 35.1 Å². The monoisotopic (exact) mass is 757 g/mol. The molecule has 53 heavy (non-hydrogen) atoms. The molecule has 1 unspecified atom stereocenters. The number of carbonyl (C=O) groups is 2. The molecule has 1 aliphatic heterocycles. The van der Waals surface area contributed by atoms with Gasteiger partial charge in [-0.1, -0.05) is 11.6 Å². The number of halogens is 1. The summed E-state index contributed by atoms with van der Waals surface area (Å²) in [7, 11) is 1.35. The van der Waals surface area contributed by atoms with Crippen molar-refractivity contribution in [3.63, 3.8) is 0 Å². The lowest BCUT2D eigenvalue weighted by molar-refractivity contribution is 0.0600. The van der Waals surface area contributed by atoms with Crippen molar-refractivity contribution in [2.75, 3.05) is 25.6 Å². The van der Waals surface area contributed by atoms with Crippen LogP contribution in [0.2, 0.25) is 5.02 Å². The lowest BCUT2D eigenvalue weighted by Gasteiger charge is -2.35. The molecular weight excluding hydrogens is 718 g/mol. The van der Waals surface area contributed by atoms with Crippen LogP contribution in [0.15, 0.2) is 63.9 Å². The van der Waals surface area contributed by atoms with Crippen molar-refractivity contribution in [2.24, 2.45) is 4.99 Å². The highest BCUT2D eigenvalue weighted by molar-refractivity contribution is 7.18. The fourth-order valence-corrected chi connectivity index (χ4v) is 7.48. The van der Waals surface area contributed by atoms with E-state index in [4.69, 9.17) is 30.8 Å². The van der Waals surface area contributed by atoms with E-state index >= 15 is 0 Å². The number of aliphatic imine (C=N–C) groups is 1. The van der Waals surface area contributed by atoms with E-state index in [1.54, 1.807) is 44.5 Å². The molecule has 15 heteroatoms. The molecule has 0 saturated carbocycles. The van der Waals surface area contributed by atoms with E-state index < -0.39 is 17.7 Å². The Morgan fingerprint density at radius 2 is 1.94 bits per heavy atom. The van der Waals surface area contributed by atoms with Gasteiger partial charge in [-0.25, -0.2) is 29.3 Å². The fourth-order valence-electron chi connectivity index (χ4n) is 6.31. The molecule has 0 bridgehead atoms. The second kappa shape index (κ2) is 15.8. The summed E-state index contributed by atoms with van der Waals surface area (Å²) < 4.78 is 17.5. The smallest absolute Gasteiger partial charge is 0.414 e. The number of methoxy groups -OCH3 is 1. The number of aryl methyl sites for hydroxylation is 1. The topological polar surface area (TPSA) is 157 Å². The van der Waals surface area contributed by atoms with Crippen LogP contribution in [0.3, 0.4) is 0 Å². The molecule has 276 valence electrons. The van der Waals surface area contributed by atoms with Gasteiger partial charge in [0.25, 0.3) is 0 Å². The number of allylic oxidation sites excluding steroid dienone is 2. The van der Waals surface area contributed by atoms with Crippen LogP contribution in [0, 0.1) is 6.92 Å². The number of nitrogens with one attached hydrogen (secondary N) is 2. The number of ether oxygens (including phenoxy) is 3. The van der Waals surface area contributed by atoms with Crippen molar-refractivity contribution < 1.29 is 28.6 Å². The van der Waals surface area contributed by atoms with E-state index in [0.717, 1.165) is 39.2 Å². The fraction of sp³-hybridized carbons (Fsp3) is 0.368. The Morgan fingerprint density at radius 1 is 1.13 bits per heavy atom. The second-order valence-electron chi connectivity index (χ2n) is 13.6. The van der Waals surface area contributed by atoms with Crippen LogP contribution in [-0.4, -0.2) is 75.6 Å². The summed E-state index contributed by atoms with van der Waals surface area (Å²) in [6.45, 7) is 10.1. The van der Waals surface area contributed by atoms with Gasteiger partial charge in [-0.05, 0) is 84.2 Å². The Hall–Kier alpha value is -5.14. The normalized spacial score (nSPS) is 15.8. The third-order valence-electron chi connectivity index (χ3n) is 8.63. The minimum absolute atomic E-state index is 0.0512. The third kappa shape index (κ3) is 8.74. The first-order valence-electron chi connectivity index (χ1n) is 17.1. The lowest BCUT2D eigenvalue weighted by Crippen LogP contribution is -2.40. The number of fused-ring (bicyclic) bond motifs is 1. The van der Waals surface area contributed by atoms with Gasteiger partial charge in [-0.2, -0.15) is 0 Å². The summed E-state index contributed by atoms with van der Waals surface area (Å²) in [6.07, 6.45) is 3.06. The highest BCUT2D eigenvalue weighted by Gasteiger charge is 2.31. The SMILES string of the molecule is COC(=O)c1csc2c(-c3cc(Cl)ccc3OCCN3C(=C=O)C4=C(CCC(NCc5ccnc(NC(=O)OC(C)(C)C)n5)C4)N=C3C)cc(C)nc12. The number of benzene rings is 1. The number of carbonyl (C=O) groups excluding carboxylic acids is 3. The number of pyridine rings is 1. The van der Waals surface area contributed by atoms with Crippen LogP contribution in [0.4, 0.5) is 10.7 Å². The van der Waals surface area contributed by atoms with Gasteiger partial charge in [0.1, 0.15) is 29.5 Å². The van der Waals surface area contributed by atoms with Crippen molar-refractivity contribution in [3.8, 4) is 16.9 Å². The third-order valence-corrected chi connectivity index (χ3v) is 9.86. The van der Waals surface area contributed by atoms with Gasteiger partial charge in [-0.15, -0.1) is 11.3 Å². The molecule has 0 saturated heterocycles. The largest absolute Gasteiger partial charge is 0.491 e. The van der Waals surface area contributed by atoms with Crippen LogP contribution in [0.5, 0.6) is 5.75 Å². The van der Waals surface area contributed by atoms with Gasteiger partial charge in [0.2, 0.25) is 5.95 Å². The molecule has 1 aliphatic carbocycles. The van der Waals surface area contributed by atoms with E-state index in [0.29, 0.717) is 65.0 Å². The Labute approximate surface area is 316 Å². The minimum atomic E-state index is -0.645. The molecule has 4 aromatic rings. The number of esters is 1. The van der Waals surface area contributed by atoms with Crippen LogP contribution < -0.4 is 15.4 Å². The predicted molar refractivity (Wildman–Crippen MR) is 204 cm³/mol. The zero-order chi connectivity index (χ0) is 37.9. The summed E-state index contributed by atoms with van der Waals surface area (Å²) >= 11 is 7.88. The summed E-state index contributed by atoms with van der Waals surface area (Å²) in [6, 6.07) is 9.18. The Bertz CT molecular complexity index is 2190. The zero-order valence-electron chi connectivity index (χ0n) is 30.3. The summed E-state index contributed by atoms with van der Waals surface area (Å²) in [5.74, 6) is 3.18. The summed E-state index contributed by atoms with van der Waals surface area (Å²) in [5, 5.41) is 8.39. The van der Waals surface area contributed by atoms with Crippen molar-refractivity contribution in [2.45, 2.75) is 72.1 Å². The number of nitrogens with zero attached hydrogens (tertiary/aromatic N) is 5. The molecule has 0 radical (unpaired) electrons. The van der Waals surface area contributed by atoms with Crippen molar-refractivity contribution in [1.82, 2.24) is 25.2 Å². The van der Waals surface area contributed by atoms with Crippen molar-refractivity contribution >= 4 is 62.9 Å². The van der Waals surface area contributed by atoms with Crippen LogP contribution in [0.1, 0.15) is 68.7 Å². The number of anilines is 1. The number of amidine groups is 1. The van der Waals surface area contributed by atoms with Crippen LogP contribution in [0.25, 0.3) is 21.3 Å².